The number of carbonyl (C=O) groups is 1. The van der Waals surface area contributed by atoms with Crippen LogP contribution >= 0.6 is 27.5 Å². The van der Waals surface area contributed by atoms with E-state index in [9.17, 15) is 4.79 Å². The normalized spacial score (nSPS) is 10.6. The zero-order chi connectivity index (χ0) is 11.0. The van der Waals surface area contributed by atoms with E-state index in [1.165, 1.54) is 6.92 Å². The Morgan fingerprint density at radius 1 is 1.40 bits per heavy atom. The second-order valence-corrected chi connectivity index (χ2v) is 4.29. The molecular formula is C10H6BrClN2O. The Kier molecular flexibility index (Phi) is 2.71. The maximum Gasteiger partial charge on any atom is 0.181 e. The van der Waals surface area contributed by atoms with Gasteiger partial charge in [0.15, 0.2) is 5.78 Å². The molecule has 1 aromatic heterocycles. The van der Waals surface area contributed by atoms with Crippen molar-refractivity contribution >= 4 is 44.2 Å². The van der Waals surface area contributed by atoms with Crippen molar-refractivity contribution in [2.75, 3.05) is 0 Å². The van der Waals surface area contributed by atoms with Gasteiger partial charge in [-0.25, -0.2) is 0 Å². The molecule has 0 aliphatic rings. The van der Waals surface area contributed by atoms with Crippen molar-refractivity contribution < 1.29 is 4.79 Å². The van der Waals surface area contributed by atoms with E-state index in [-0.39, 0.29) is 11.5 Å². The molecule has 0 fully saturated rings. The Bertz CT molecular complexity index is 556. The average Bonchev–Trinajstić information content (AvgIpc) is 2.19. The molecule has 2 aromatic rings. The van der Waals surface area contributed by atoms with E-state index in [1.807, 2.05) is 18.2 Å². The number of hydrogen-bond acceptors (Lipinski definition) is 3. The number of rotatable bonds is 1. The van der Waals surface area contributed by atoms with Crippen LogP contribution in [-0.4, -0.2) is 16.0 Å². The van der Waals surface area contributed by atoms with Crippen molar-refractivity contribution in [1.29, 1.82) is 0 Å². The smallest absolute Gasteiger partial charge is 0.181 e. The number of carbonyl (C=O) groups excluding carboxylic acids is 1. The lowest BCUT2D eigenvalue weighted by Crippen LogP contribution is -2.01. The van der Waals surface area contributed by atoms with Crippen LogP contribution in [-0.2, 0) is 0 Å². The van der Waals surface area contributed by atoms with Gasteiger partial charge < -0.3 is 0 Å². The summed E-state index contributed by atoms with van der Waals surface area (Å²) in [5, 5.41) is 8.85. The van der Waals surface area contributed by atoms with Gasteiger partial charge in [0.2, 0.25) is 0 Å². The van der Waals surface area contributed by atoms with E-state index in [0.717, 1.165) is 9.86 Å². The van der Waals surface area contributed by atoms with E-state index in [2.05, 4.69) is 26.1 Å². The van der Waals surface area contributed by atoms with Gasteiger partial charge >= 0.3 is 0 Å². The van der Waals surface area contributed by atoms with Gasteiger partial charge in [0.1, 0.15) is 11.2 Å². The summed E-state index contributed by atoms with van der Waals surface area (Å²) in [4.78, 5) is 11.2. The SMILES string of the molecule is CC(=O)c1nnc2c(Br)cccc2c1Cl. The number of halogens is 2. The minimum Gasteiger partial charge on any atom is -0.293 e. The van der Waals surface area contributed by atoms with Gasteiger partial charge in [0.25, 0.3) is 0 Å². The summed E-state index contributed by atoms with van der Waals surface area (Å²) in [5.74, 6) is -0.186. The molecule has 15 heavy (non-hydrogen) atoms. The lowest BCUT2D eigenvalue weighted by atomic mass is 10.2. The topological polar surface area (TPSA) is 42.9 Å². The molecular weight excluding hydrogens is 279 g/mol. The summed E-state index contributed by atoms with van der Waals surface area (Å²) in [7, 11) is 0. The molecule has 1 aromatic carbocycles. The highest BCUT2D eigenvalue weighted by atomic mass is 79.9. The van der Waals surface area contributed by atoms with Gasteiger partial charge in [-0.2, -0.15) is 0 Å². The molecule has 0 saturated heterocycles. The Morgan fingerprint density at radius 2 is 2.13 bits per heavy atom. The highest BCUT2D eigenvalue weighted by Gasteiger charge is 2.13. The van der Waals surface area contributed by atoms with Crippen LogP contribution in [0.5, 0.6) is 0 Å². The minimum absolute atomic E-state index is 0.186. The third kappa shape index (κ3) is 1.75. The number of Topliss-reactive ketones (excluding diaryl/α,β-unsaturated/α-hetero) is 1. The van der Waals surface area contributed by atoms with Gasteiger partial charge in [-0.3, -0.25) is 4.79 Å². The molecule has 0 atom stereocenters. The van der Waals surface area contributed by atoms with Gasteiger partial charge in [0.05, 0.1) is 5.02 Å². The first kappa shape index (κ1) is 10.5. The highest BCUT2D eigenvalue weighted by molar-refractivity contribution is 9.10. The van der Waals surface area contributed by atoms with Gasteiger partial charge in [-0.15, -0.1) is 10.2 Å². The first-order valence-corrected chi connectivity index (χ1v) is 5.39. The number of hydrogen-bond donors (Lipinski definition) is 0. The van der Waals surface area contributed by atoms with E-state index >= 15 is 0 Å². The zero-order valence-corrected chi connectivity index (χ0v) is 10.1. The molecule has 1 heterocycles. The predicted molar refractivity (Wildman–Crippen MR) is 62.3 cm³/mol. The number of aromatic nitrogens is 2. The summed E-state index contributed by atoms with van der Waals surface area (Å²) >= 11 is 9.41. The van der Waals surface area contributed by atoms with Gasteiger partial charge in [-0.05, 0) is 22.0 Å². The fourth-order valence-corrected chi connectivity index (χ4v) is 2.06. The van der Waals surface area contributed by atoms with Gasteiger partial charge in [-0.1, -0.05) is 23.7 Å². The van der Waals surface area contributed by atoms with Crippen LogP contribution in [0.15, 0.2) is 22.7 Å². The van der Waals surface area contributed by atoms with Crippen LogP contribution in [0.1, 0.15) is 17.4 Å². The highest BCUT2D eigenvalue weighted by Crippen LogP contribution is 2.28. The van der Waals surface area contributed by atoms with E-state index in [1.54, 1.807) is 0 Å². The van der Waals surface area contributed by atoms with Crippen LogP contribution in [0.2, 0.25) is 5.02 Å². The molecule has 0 aliphatic carbocycles. The number of ketones is 1. The fourth-order valence-electron chi connectivity index (χ4n) is 1.29. The molecule has 76 valence electrons. The van der Waals surface area contributed by atoms with E-state index < -0.39 is 0 Å². The van der Waals surface area contributed by atoms with Crippen LogP contribution in [0.3, 0.4) is 0 Å². The Balaban J connectivity index is 2.86. The molecule has 3 nitrogen and oxygen atoms in total. The molecule has 0 unspecified atom stereocenters. The summed E-state index contributed by atoms with van der Waals surface area (Å²) < 4.78 is 0.810. The quantitative estimate of drug-likeness (QED) is 0.755. The number of nitrogens with zero attached hydrogens (tertiary/aromatic N) is 2. The third-order valence-corrected chi connectivity index (χ3v) is 3.04. The predicted octanol–water partition coefficient (Wildman–Crippen LogP) is 3.25. The first-order valence-electron chi connectivity index (χ1n) is 4.22. The molecule has 5 heteroatoms. The Labute approximate surface area is 99.6 Å². The maximum absolute atomic E-state index is 11.2. The second-order valence-electron chi connectivity index (χ2n) is 3.05. The van der Waals surface area contributed by atoms with Crippen LogP contribution < -0.4 is 0 Å². The Hall–Kier alpha value is -1.00. The van der Waals surface area contributed by atoms with Crippen molar-refractivity contribution in [2.24, 2.45) is 0 Å². The average molecular weight is 286 g/mol. The number of benzene rings is 1. The monoisotopic (exact) mass is 284 g/mol. The van der Waals surface area contributed by atoms with Crippen molar-refractivity contribution in [2.45, 2.75) is 6.92 Å². The van der Waals surface area contributed by atoms with Crippen molar-refractivity contribution in [3.05, 3.63) is 33.4 Å². The fraction of sp³-hybridized carbons (Fsp3) is 0.100. The molecule has 0 aliphatic heterocycles. The van der Waals surface area contributed by atoms with Crippen molar-refractivity contribution in [3.63, 3.8) is 0 Å². The third-order valence-electron chi connectivity index (χ3n) is 2.01. The summed E-state index contributed by atoms with van der Waals surface area (Å²) in [6.45, 7) is 1.42. The summed E-state index contributed by atoms with van der Waals surface area (Å²) in [6.07, 6.45) is 0. The second kappa shape index (κ2) is 3.87. The van der Waals surface area contributed by atoms with Gasteiger partial charge in [0, 0.05) is 16.8 Å². The lowest BCUT2D eigenvalue weighted by molar-refractivity contribution is 0.101. The van der Waals surface area contributed by atoms with Crippen LogP contribution in [0, 0.1) is 0 Å². The first-order chi connectivity index (χ1) is 7.11. The van der Waals surface area contributed by atoms with Crippen molar-refractivity contribution in [1.82, 2.24) is 10.2 Å². The van der Waals surface area contributed by atoms with E-state index in [0.29, 0.717) is 10.5 Å². The zero-order valence-electron chi connectivity index (χ0n) is 7.79. The van der Waals surface area contributed by atoms with E-state index in [4.69, 9.17) is 11.6 Å². The standard InChI is InChI=1S/C10H6BrClN2O/c1-5(15)9-8(12)6-3-2-4-7(11)10(6)14-13-9/h2-4H,1H3. The molecule has 0 N–H and O–H groups in total. The molecule has 0 saturated carbocycles. The summed E-state index contributed by atoms with van der Waals surface area (Å²) in [5.41, 5.74) is 0.870. The lowest BCUT2D eigenvalue weighted by Gasteiger charge is -2.03. The van der Waals surface area contributed by atoms with Crippen LogP contribution in [0.4, 0.5) is 0 Å². The minimum atomic E-state index is -0.186. The number of fused-ring (bicyclic) bond motifs is 1. The molecule has 0 amide bonds. The molecule has 0 bridgehead atoms. The molecule has 0 spiro atoms. The summed E-state index contributed by atoms with van der Waals surface area (Å²) in [6, 6.07) is 5.49. The largest absolute Gasteiger partial charge is 0.293 e. The molecule has 0 radical (unpaired) electrons. The molecule has 2 rings (SSSR count). The van der Waals surface area contributed by atoms with Crippen molar-refractivity contribution in [3.8, 4) is 0 Å². The van der Waals surface area contributed by atoms with Crippen LogP contribution in [0.25, 0.3) is 10.9 Å². The Morgan fingerprint density at radius 3 is 2.80 bits per heavy atom. The maximum atomic E-state index is 11.2.